The Hall–Kier alpha value is -6.90. The summed E-state index contributed by atoms with van der Waals surface area (Å²) in [6.07, 6.45) is 0. The van der Waals surface area contributed by atoms with E-state index in [0.29, 0.717) is 0 Å². The normalized spacial score (nSPS) is 13.0. The zero-order valence-corrected chi connectivity index (χ0v) is 31.0. The molecule has 262 valence electrons. The van der Waals surface area contributed by atoms with Crippen molar-refractivity contribution in [3.05, 3.63) is 217 Å². The summed E-state index contributed by atoms with van der Waals surface area (Å²) in [6, 6.07) is 75.1. The number of anilines is 6. The highest BCUT2D eigenvalue weighted by molar-refractivity contribution is 6.08. The second-order valence-corrected chi connectivity index (χ2v) is 15.0. The number of fused-ring (bicyclic) bond motifs is 5. The van der Waals surface area contributed by atoms with Gasteiger partial charge in [-0.15, -0.1) is 0 Å². The quantitative estimate of drug-likeness (QED) is 0.159. The smallest absolute Gasteiger partial charge is 0.0502 e. The lowest BCUT2D eigenvalue weighted by atomic mass is 9.73. The Bertz CT molecular complexity index is 2790. The lowest BCUT2D eigenvalue weighted by Gasteiger charge is -2.42. The number of hydrogen-bond donors (Lipinski definition) is 0. The minimum atomic E-state index is -0.0936. The average molecular weight is 705 g/mol. The maximum atomic E-state index is 2.43. The van der Waals surface area contributed by atoms with Crippen molar-refractivity contribution in [3.8, 4) is 22.3 Å². The standard InChI is InChI=1S/C53H40N2/c1-53(2)49-19-8-10-21-51(49)55(52-22-11-9-20-50(52)53)45-17-12-16-41(35-45)39-27-31-44(32-28-39)54(43-29-25-38(26-30-43)37-13-4-3-5-14-37)46-33-34-48-42(36-46)24-23-40-15-6-7-18-47(40)48/h3-36H,1-2H3. The highest BCUT2D eigenvalue weighted by Gasteiger charge is 2.36. The number of hydrogen-bond acceptors (Lipinski definition) is 2. The van der Waals surface area contributed by atoms with Gasteiger partial charge in [0, 0.05) is 28.2 Å². The van der Waals surface area contributed by atoms with Crippen LogP contribution in [0.4, 0.5) is 34.1 Å². The van der Waals surface area contributed by atoms with Gasteiger partial charge in [0.1, 0.15) is 0 Å². The molecule has 0 aromatic heterocycles. The topological polar surface area (TPSA) is 6.48 Å². The van der Waals surface area contributed by atoms with Crippen LogP contribution < -0.4 is 9.80 Å². The molecule has 2 nitrogen and oxygen atoms in total. The largest absolute Gasteiger partial charge is 0.310 e. The van der Waals surface area contributed by atoms with E-state index in [1.165, 1.54) is 66.3 Å². The van der Waals surface area contributed by atoms with E-state index in [1.54, 1.807) is 0 Å². The van der Waals surface area contributed by atoms with Crippen LogP contribution in [-0.2, 0) is 5.41 Å². The van der Waals surface area contributed by atoms with Crippen LogP contribution in [0.5, 0.6) is 0 Å². The van der Waals surface area contributed by atoms with E-state index in [1.807, 2.05) is 0 Å². The Morgan fingerprint density at radius 3 is 1.56 bits per heavy atom. The first-order valence-electron chi connectivity index (χ1n) is 19.1. The Balaban J connectivity index is 1.04. The third-order valence-corrected chi connectivity index (χ3v) is 11.4. The molecule has 0 spiro atoms. The molecule has 10 rings (SSSR count). The van der Waals surface area contributed by atoms with Crippen LogP contribution in [0.2, 0.25) is 0 Å². The van der Waals surface area contributed by atoms with Crippen molar-refractivity contribution in [2.24, 2.45) is 0 Å². The third-order valence-electron chi connectivity index (χ3n) is 11.4. The van der Waals surface area contributed by atoms with Crippen molar-refractivity contribution in [1.29, 1.82) is 0 Å². The molecule has 2 heteroatoms. The third kappa shape index (κ3) is 5.66. The number of para-hydroxylation sites is 2. The maximum Gasteiger partial charge on any atom is 0.0502 e. The lowest BCUT2D eigenvalue weighted by molar-refractivity contribution is 0.632. The second kappa shape index (κ2) is 13.2. The van der Waals surface area contributed by atoms with Crippen molar-refractivity contribution in [1.82, 2.24) is 0 Å². The van der Waals surface area contributed by atoms with Gasteiger partial charge in [0.15, 0.2) is 0 Å². The predicted octanol–water partition coefficient (Wildman–Crippen LogP) is 14.9. The molecule has 55 heavy (non-hydrogen) atoms. The summed E-state index contributed by atoms with van der Waals surface area (Å²) in [6.45, 7) is 4.67. The van der Waals surface area contributed by atoms with Crippen LogP contribution in [0, 0.1) is 0 Å². The van der Waals surface area contributed by atoms with Gasteiger partial charge in [-0.25, -0.2) is 0 Å². The Kier molecular flexibility index (Phi) is 7.85. The van der Waals surface area contributed by atoms with Crippen LogP contribution in [0.15, 0.2) is 206 Å². The van der Waals surface area contributed by atoms with Gasteiger partial charge in [0.25, 0.3) is 0 Å². The molecule has 1 aliphatic rings. The van der Waals surface area contributed by atoms with E-state index < -0.39 is 0 Å². The first-order chi connectivity index (χ1) is 27.0. The monoisotopic (exact) mass is 704 g/mol. The summed E-state index contributed by atoms with van der Waals surface area (Å²) in [5.74, 6) is 0. The molecule has 0 saturated heterocycles. The van der Waals surface area contributed by atoms with Gasteiger partial charge in [-0.3, -0.25) is 0 Å². The first-order valence-corrected chi connectivity index (χ1v) is 19.1. The molecule has 0 unspecified atom stereocenters. The highest BCUT2D eigenvalue weighted by atomic mass is 15.2. The van der Waals surface area contributed by atoms with Gasteiger partial charge in [-0.1, -0.05) is 159 Å². The fourth-order valence-electron chi connectivity index (χ4n) is 8.60. The van der Waals surface area contributed by atoms with Crippen LogP contribution in [-0.4, -0.2) is 0 Å². The molecule has 0 amide bonds. The van der Waals surface area contributed by atoms with Gasteiger partial charge < -0.3 is 9.80 Å². The zero-order valence-electron chi connectivity index (χ0n) is 31.0. The molecule has 0 saturated carbocycles. The van der Waals surface area contributed by atoms with Crippen LogP contribution in [0.3, 0.4) is 0 Å². The Morgan fingerprint density at radius 1 is 0.364 bits per heavy atom. The van der Waals surface area contributed by atoms with Crippen LogP contribution in [0.25, 0.3) is 43.8 Å². The zero-order chi connectivity index (χ0) is 36.9. The van der Waals surface area contributed by atoms with Crippen molar-refractivity contribution >= 4 is 55.7 Å². The molecule has 0 atom stereocenters. The van der Waals surface area contributed by atoms with Crippen molar-refractivity contribution in [3.63, 3.8) is 0 Å². The molecule has 0 bridgehead atoms. The number of benzene rings is 9. The summed E-state index contributed by atoms with van der Waals surface area (Å²) < 4.78 is 0. The fraction of sp³-hybridized carbons (Fsp3) is 0.0566. The van der Waals surface area contributed by atoms with E-state index in [2.05, 4.69) is 230 Å². The Morgan fingerprint density at radius 2 is 0.873 bits per heavy atom. The fourth-order valence-corrected chi connectivity index (χ4v) is 8.60. The molecular weight excluding hydrogens is 665 g/mol. The summed E-state index contributed by atoms with van der Waals surface area (Å²) >= 11 is 0. The van der Waals surface area contributed by atoms with E-state index >= 15 is 0 Å². The molecule has 0 radical (unpaired) electrons. The van der Waals surface area contributed by atoms with Crippen LogP contribution in [0.1, 0.15) is 25.0 Å². The maximum absolute atomic E-state index is 2.43. The van der Waals surface area contributed by atoms with Gasteiger partial charge >= 0.3 is 0 Å². The highest BCUT2D eigenvalue weighted by Crippen LogP contribution is 2.52. The molecule has 0 fully saturated rings. The second-order valence-electron chi connectivity index (χ2n) is 15.0. The molecule has 0 N–H and O–H groups in total. The van der Waals surface area contributed by atoms with Gasteiger partial charge in [0.2, 0.25) is 0 Å². The summed E-state index contributed by atoms with van der Waals surface area (Å²) in [5.41, 5.74) is 14.3. The molecular formula is C53H40N2. The summed E-state index contributed by atoms with van der Waals surface area (Å²) in [4.78, 5) is 4.80. The van der Waals surface area contributed by atoms with Gasteiger partial charge in [0.05, 0.1) is 11.4 Å². The molecule has 1 heterocycles. The van der Waals surface area contributed by atoms with E-state index in [0.717, 1.165) is 22.7 Å². The molecule has 0 aliphatic carbocycles. The summed E-state index contributed by atoms with van der Waals surface area (Å²) in [5, 5.41) is 5.02. The van der Waals surface area contributed by atoms with Crippen molar-refractivity contribution < 1.29 is 0 Å². The Labute approximate surface area is 323 Å². The number of nitrogens with zero attached hydrogens (tertiary/aromatic N) is 2. The average Bonchev–Trinajstić information content (AvgIpc) is 3.25. The van der Waals surface area contributed by atoms with Gasteiger partial charge in [-0.05, 0) is 116 Å². The van der Waals surface area contributed by atoms with Crippen molar-refractivity contribution in [2.75, 3.05) is 9.80 Å². The van der Waals surface area contributed by atoms with E-state index in [9.17, 15) is 0 Å². The van der Waals surface area contributed by atoms with Gasteiger partial charge in [-0.2, -0.15) is 0 Å². The van der Waals surface area contributed by atoms with Crippen LogP contribution >= 0.6 is 0 Å². The molecule has 9 aromatic rings. The predicted molar refractivity (Wildman–Crippen MR) is 234 cm³/mol. The molecule has 9 aromatic carbocycles. The minimum Gasteiger partial charge on any atom is -0.310 e. The lowest BCUT2D eigenvalue weighted by Crippen LogP contribution is -2.30. The SMILES string of the molecule is CC1(C)c2ccccc2N(c2cccc(-c3ccc(N(c4ccc(-c5ccccc5)cc4)c4ccc5c(ccc6ccccc65)c4)cc3)c2)c2ccccc21. The van der Waals surface area contributed by atoms with E-state index in [-0.39, 0.29) is 5.41 Å². The summed E-state index contributed by atoms with van der Waals surface area (Å²) in [7, 11) is 0. The molecule has 1 aliphatic heterocycles. The first kappa shape index (κ1) is 32.7. The minimum absolute atomic E-state index is 0.0936. The van der Waals surface area contributed by atoms with Crippen molar-refractivity contribution in [2.45, 2.75) is 19.3 Å². The number of rotatable bonds is 6. The van der Waals surface area contributed by atoms with E-state index in [4.69, 9.17) is 0 Å².